The minimum absolute atomic E-state index is 0.0770. The van der Waals surface area contributed by atoms with Gasteiger partial charge in [0.15, 0.2) is 16.7 Å². The average molecular weight is 382 g/mol. The summed E-state index contributed by atoms with van der Waals surface area (Å²) < 4.78 is 52.9. The van der Waals surface area contributed by atoms with E-state index in [2.05, 4.69) is 21.0 Å². The van der Waals surface area contributed by atoms with E-state index in [4.69, 9.17) is 5.11 Å². The number of sulfonamides is 1. The molecule has 0 aliphatic rings. The lowest BCUT2D eigenvalue weighted by atomic mass is 10.3. The summed E-state index contributed by atoms with van der Waals surface area (Å²) in [6.45, 7) is 0. The number of aromatic carboxylic acids is 1. The zero-order chi connectivity index (χ0) is 15.8. The summed E-state index contributed by atoms with van der Waals surface area (Å²) in [5.41, 5.74) is -1.58. The molecule has 0 bridgehead atoms. The van der Waals surface area contributed by atoms with Crippen molar-refractivity contribution in [1.29, 1.82) is 0 Å². The quantitative estimate of drug-likeness (QED) is 0.749. The molecule has 3 N–H and O–H groups in total. The zero-order valence-corrected chi connectivity index (χ0v) is 12.3. The molecule has 0 unspecified atom stereocenters. The van der Waals surface area contributed by atoms with E-state index in [1.807, 2.05) is 5.10 Å². The summed E-state index contributed by atoms with van der Waals surface area (Å²) in [5, 5.41) is 13.3. The Morgan fingerprint density at radius 3 is 2.43 bits per heavy atom. The van der Waals surface area contributed by atoms with E-state index in [1.165, 1.54) is 0 Å². The first-order valence-corrected chi connectivity index (χ1v) is 7.44. The topological polar surface area (TPSA) is 112 Å². The summed E-state index contributed by atoms with van der Waals surface area (Å²) >= 11 is 2.85. The maximum Gasteiger partial charge on any atom is 0.340 e. The van der Waals surface area contributed by atoms with Crippen LogP contribution < -0.4 is 4.72 Å². The van der Waals surface area contributed by atoms with Crippen LogP contribution in [0.15, 0.2) is 27.8 Å². The molecule has 112 valence electrons. The van der Waals surface area contributed by atoms with Crippen LogP contribution >= 0.6 is 15.9 Å². The van der Waals surface area contributed by atoms with Crippen LogP contribution in [0.3, 0.4) is 0 Å². The van der Waals surface area contributed by atoms with E-state index < -0.39 is 43.9 Å². The highest BCUT2D eigenvalue weighted by Gasteiger charge is 2.27. The molecule has 1 aromatic heterocycles. The first-order chi connectivity index (χ1) is 9.72. The van der Waals surface area contributed by atoms with Crippen LogP contribution in [0.25, 0.3) is 0 Å². The first kappa shape index (κ1) is 15.4. The monoisotopic (exact) mass is 381 g/mol. The number of anilines is 1. The Morgan fingerprint density at radius 1 is 1.33 bits per heavy atom. The summed E-state index contributed by atoms with van der Waals surface area (Å²) in [4.78, 5) is 10.9. The molecule has 11 heteroatoms. The van der Waals surface area contributed by atoms with Gasteiger partial charge >= 0.3 is 5.97 Å². The molecule has 2 rings (SSSR count). The summed E-state index contributed by atoms with van der Waals surface area (Å²) in [6, 6.07) is 1.71. The standard InChI is InChI=1S/C10H6BrF2N3O4S/c11-4-1-6(12)8(7(13)2-4)16-21(19,20)9-5(10(17)18)3-14-15-9/h1-3,16H,(H,14,15)(H,17,18). The highest BCUT2D eigenvalue weighted by Crippen LogP contribution is 2.26. The molecule has 0 spiro atoms. The molecule has 0 aliphatic carbocycles. The Balaban J connectivity index is 2.48. The molecule has 1 aromatic carbocycles. The van der Waals surface area contributed by atoms with E-state index in [0.29, 0.717) is 0 Å². The third kappa shape index (κ3) is 3.03. The second-order valence-electron chi connectivity index (χ2n) is 3.77. The van der Waals surface area contributed by atoms with Gasteiger partial charge in [-0.05, 0) is 12.1 Å². The van der Waals surface area contributed by atoms with E-state index in [9.17, 15) is 22.0 Å². The highest BCUT2D eigenvalue weighted by atomic mass is 79.9. The maximum atomic E-state index is 13.6. The van der Waals surface area contributed by atoms with Crippen molar-refractivity contribution in [3.8, 4) is 0 Å². The number of nitrogens with one attached hydrogen (secondary N) is 2. The lowest BCUT2D eigenvalue weighted by Gasteiger charge is -2.09. The van der Waals surface area contributed by atoms with Gasteiger partial charge in [0, 0.05) is 4.47 Å². The number of carboxylic acids is 1. The molecule has 0 radical (unpaired) electrons. The van der Waals surface area contributed by atoms with Crippen molar-refractivity contribution >= 4 is 37.6 Å². The van der Waals surface area contributed by atoms with Crippen LogP contribution in [0.4, 0.5) is 14.5 Å². The molecule has 0 fully saturated rings. The van der Waals surface area contributed by atoms with Crippen molar-refractivity contribution in [1.82, 2.24) is 10.2 Å². The van der Waals surface area contributed by atoms with Crippen LogP contribution in [0.5, 0.6) is 0 Å². The van der Waals surface area contributed by atoms with Gasteiger partial charge in [-0.25, -0.2) is 13.6 Å². The van der Waals surface area contributed by atoms with Gasteiger partial charge in [-0.2, -0.15) is 13.5 Å². The molecular weight excluding hydrogens is 376 g/mol. The van der Waals surface area contributed by atoms with Crippen LogP contribution in [0.2, 0.25) is 0 Å². The van der Waals surface area contributed by atoms with E-state index >= 15 is 0 Å². The first-order valence-electron chi connectivity index (χ1n) is 5.16. The lowest BCUT2D eigenvalue weighted by Crippen LogP contribution is -2.18. The van der Waals surface area contributed by atoms with Crippen molar-refractivity contribution in [2.75, 3.05) is 4.72 Å². The van der Waals surface area contributed by atoms with Gasteiger partial charge in [0.05, 0.1) is 6.20 Å². The van der Waals surface area contributed by atoms with Gasteiger partial charge in [0.2, 0.25) is 0 Å². The Bertz CT molecular complexity index is 798. The molecular formula is C10H6BrF2N3O4S. The van der Waals surface area contributed by atoms with E-state index in [0.717, 1.165) is 18.3 Å². The van der Waals surface area contributed by atoms with Gasteiger partial charge in [0.25, 0.3) is 10.0 Å². The average Bonchev–Trinajstić information content (AvgIpc) is 2.83. The predicted octanol–water partition coefficient (Wildman–Crippen LogP) is 1.95. The van der Waals surface area contributed by atoms with Crippen LogP contribution in [0.1, 0.15) is 10.4 Å². The number of H-pyrrole nitrogens is 1. The van der Waals surface area contributed by atoms with E-state index in [-0.39, 0.29) is 4.47 Å². The summed E-state index contributed by atoms with van der Waals surface area (Å²) in [6.07, 6.45) is 0.769. The molecule has 1 heterocycles. The molecule has 21 heavy (non-hydrogen) atoms. The van der Waals surface area contributed by atoms with Gasteiger partial charge in [-0.1, -0.05) is 15.9 Å². The normalized spacial score (nSPS) is 11.4. The fourth-order valence-electron chi connectivity index (χ4n) is 1.46. The fraction of sp³-hybridized carbons (Fsp3) is 0. The number of carbonyl (C=O) groups is 1. The number of benzene rings is 1. The number of hydrogen-bond acceptors (Lipinski definition) is 4. The Hall–Kier alpha value is -2.01. The van der Waals surface area contributed by atoms with E-state index in [1.54, 1.807) is 4.72 Å². The lowest BCUT2D eigenvalue weighted by molar-refractivity contribution is 0.0692. The minimum Gasteiger partial charge on any atom is -0.478 e. The van der Waals surface area contributed by atoms with Crippen LogP contribution in [0, 0.1) is 11.6 Å². The predicted molar refractivity (Wildman–Crippen MR) is 70.4 cm³/mol. The van der Waals surface area contributed by atoms with Gasteiger partial charge in [-0.3, -0.25) is 9.82 Å². The SMILES string of the molecule is O=C(O)c1cn[nH]c1S(=O)(=O)Nc1c(F)cc(Br)cc1F. The second kappa shape index (κ2) is 5.41. The van der Waals surface area contributed by atoms with Crippen molar-refractivity contribution in [2.45, 2.75) is 5.03 Å². The molecule has 0 saturated carbocycles. The number of halogens is 3. The van der Waals surface area contributed by atoms with Crippen LogP contribution in [-0.2, 0) is 10.0 Å². The number of aromatic nitrogens is 2. The largest absolute Gasteiger partial charge is 0.478 e. The molecule has 0 amide bonds. The van der Waals surface area contributed by atoms with Crippen molar-refractivity contribution in [3.05, 3.63) is 40.0 Å². The molecule has 0 aliphatic heterocycles. The smallest absolute Gasteiger partial charge is 0.340 e. The van der Waals surface area contributed by atoms with Gasteiger partial charge < -0.3 is 5.11 Å². The Kier molecular flexibility index (Phi) is 3.96. The van der Waals surface area contributed by atoms with Gasteiger partial charge in [-0.15, -0.1) is 0 Å². The molecule has 0 atom stereocenters. The molecule has 0 saturated heterocycles. The van der Waals surface area contributed by atoms with Crippen molar-refractivity contribution in [2.24, 2.45) is 0 Å². The number of hydrogen-bond donors (Lipinski definition) is 3. The Morgan fingerprint density at radius 2 is 1.90 bits per heavy atom. The molecule has 7 nitrogen and oxygen atoms in total. The minimum atomic E-state index is -4.55. The summed E-state index contributed by atoms with van der Waals surface area (Å²) in [5.74, 6) is -3.88. The Labute approximate surface area is 125 Å². The number of rotatable bonds is 4. The third-order valence-electron chi connectivity index (χ3n) is 2.35. The second-order valence-corrected chi connectivity index (χ2v) is 6.30. The van der Waals surface area contributed by atoms with Crippen molar-refractivity contribution < 1.29 is 27.1 Å². The number of nitrogens with zero attached hydrogens (tertiary/aromatic N) is 1. The third-order valence-corrected chi connectivity index (χ3v) is 4.13. The van der Waals surface area contributed by atoms with Crippen LogP contribution in [-0.4, -0.2) is 29.7 Å². The highest BCUT2D eigenvalue weighted by molar-refractivity contribution is 9.10. The molecule has 2 aromatic rings. The fourth-order valence-corrected chi connectivity index (χ4v) is 3.03. The summed E-state index contributed by atoms with van der Waals surface area (Å²) in [7, 11) is -4.55. The van der Waals surface area contributed by atoms with Gasteiger partial charge in [0.1, 0.15) is 11.3 Å². The zero-order valence-electron chi connectivity index (χ0n) is 9.89. The number of carboxylic acid groups (broad SMARTS) is 1. The van der Waals surface area contributed by atoms with Crippen molar-refractivity contribution in [3.63, 3.8) is 0 Å². The number of aromatic amines is 1. The maximum absolute atomic E-state index is 13.6.